The van der Waals surface area contributed by atoms with Crippen molar-refractivity contribution in [3.63, 3.8) is 0 Å². The number of nitrogens with zero attached hydrogens (tertiary/aromatic N) is 1. The maximum absolute atomic E-state index is 12.7. The number of aromatic nitrogens is 1. The maximum Gasteiger partial charge on any atom is 0.319 e. The lowest BCUT2D eigenvalue weighted by Crippen LogP contribution is -2.34. The molecule has 29 heavy (non-hydrogen) atoms. The third-order valence-corrected chi connectivity index (χ3v) is 4.39. The monoisotopic (exact) mass is 392 g/mol. The molecule has 6 nitrogen and oxygen atoms in total. The number of nitrogens with one attached hydrogen (secondary N) is 3. The van der Waals surface area contributed by atoms with Gasteiger partial charge in [0.05, 0.1) is 0 Å². The highest BCUT2D eigenvalue weighted by Gasteiger charge is 2.10. The van der Waals surface area contributed by atoms with Gasteiger partial charge in [-0.05, 0) is 62.2 Å². The molecule has 3 rings (SSSR count). The predicted molar refractivity (Wildman–Crippen MR) is 118 cm³/mol. The van der Waals surface area contributed by atoms with Crippen LogP contribution in [-0.2, 0) is 6.54 Å². The van der Waals surface area contributed by atoms with Crippen LogP contribution in [-0.4, -0.2) is 22.5 Å². The number of hydrogen-bond acceptors (Lipinski definition) is 2. The maximum atomic E-state index is 12.7. The molecule has 0 unspecified atom stereocenters. The second kappa shape index (κ2) is 8.82. The average molecular weight is 393 g/mol. The van der Waals surface area contributed by atoms with Crippen molar-refractivity contribution in [3.8, 4) is 0 Å². The molecule has 1 heterocycles. The average Bonchev–Trinajstić information content (AvgIpc) is 3.02. The summed E-state index contributed by atoms with van der Waals surface area (Å²) in [5, 5.41) is 9.52. The van der Waals surface area contributed by atoms with Gasteiger partial charge in [0.1, 0.15) is 0 Å². The van der Waals surface area contributed by atoms with Crippen LogP contribution in [0.5, 0.6) is 0 Å². The number of urea groups is 1. The summed E-state index contributed by atoms with van der Waals surface area (Å²) in [6, 6.07) is 14.6. The molecule has 0 aliphatic carbocycles. The molecule has 0 atom stereocenters. The zero-order valence-corrected chi connectivity index (χ0v) is 17.3. The second-order valence-electron chi connectivity index (χ2n) is 7.92. The van der Waals surface area contributed by atoms with Crippen molar-refractivity contribution in [1.29, 1.82) is 0 Å². The van der Waals surface area contributed by atoms with E-state index in [9.17, 15) is 9.59 Å². The molecule has 3 amide bonds. The summed E-state index contributed by atoms with van der Waals surface area (Å²) in [5.74, 6) is 0.340. The van der Waals surface area contributed by atoms with Gasteiger partial charge in [-0.15, -0.1) is 0 Å². The van der Waals surface area contributed by atoms with Crippen LogP contribution in [0.15, 0.2) is 54.7 Å². The molecule has 0 radical (unpaired) electrons. The molecule has 6 heteroatoms. The first kappa shape index (κ1) is 20.5. The lowest BCUT2D eigenvalue weighted by atomic mass is 10.1. The summed E-state index contributed by atoms with van der Waals surface area (Å²) in [6.07, 6.45) is 2.08. The van der Waals surface area contributed by atoms with Crippen molar-refractivity contribution in [2.24, 2.45) is 5.92 Å². The van der Waals surface area contributed by atoms with E-state index in [4.69, 9.17) is 0 Å². The summed E-state index contributed by atoms with van der Waals surface area (Å²) >= 11 is 0. The highest BCUT2D eigenvalue weighted by Crippen LogP contribution is 2.22. The third kappa shape index (κ3) is 5.38. The third-order valence-electron chi connectivity index (χ3n) is 4.39. The Labute approximate surface area is 171 Å². The van der Waals surface area contributed by atoms with Crippen LogP contribution in [0.2, 0.25) is 0 Å². The Kier molecular flexibility index (Phi) is 6.22. The SMILES string of the molecule is CC(C)Cn1ccc2cc(NC(=O)c3cccc(NC(=O)NC(C)C)c3)ccc21. The first-order valence-corrected chi connectivity index (χ1v) is 9.89. The molecule has 1 aromatic heterocycles. The number of benzene rings is 2. The van der Waals surface area contributed by atoms with Crippen molar-refractivity contribution in [2.45, 2.75) is 40.3 Å². The van der Waals surface area contributed by atoms with E-state index >= 15 is 0 Å². The van der Waals surface area contributed by atoms with Crippen molar-refractivity contribution < 1.29 is 9.59 Å². The van der Waals surface area contributed by atoms with Crippen LogP contribution in [0.4, 0.5) is 16.2 Å². The largest absolute Gasteiger partial charge is 0.347 e. The van der Waals surface area contributed by atoms with Gasteiger partial charge in [-0.2, -0.15) is 0 Å². The van der Waals surface area contributed by atoms with E-state index in [0.29, 0.717) is 17.2 Å². The molecule has 0 fully saturated rings. The zero-order valence-electron chi connectivity index (χ0n) is 17.3. The van der Waals surface area contributed by atoms with Gasteiger partial charge >= 0.3 is 6.03 Å². The molecular weight excluding hydrogens is 364 g/mol. The summed E-state index contributed by atoms with van der Waals surface area (Å²) in [6.45, 7) is 9.11. The normalized spacial score (nSPS) is 11.1. The number of carbonyl (C=O) groups excluding carboxylic acids is 2. The van der Waals surface area contributed by atoms with E-state index in [-0.39, 0.29) is 18.0 Å². The smallest absolute Gasteiger partial charge is 0.319 e. The van der Waals surface area contributed by atoms with Crippen LogP contribution >= 0.6 is 0 Å². The fourth-order valence-electron chi connectivity index (χ4n) is 3.20. The lowest BCUT2D eigenvalue weighted by Gasteiger charge is -2.11. The van der Waals surface area contributed by atoms with E-state index < -0.39 is 0 Å². The highest BCUT2D eigenvalue weighted by atomic mass is 16.2. The summed E-state index contributed by atoms with van der Waals surface area (Å²) < 4.78 is 2.23. The molecule has 152 valence electrons. The molecule has 0 aliphatic heterocycles. The van der Waals surface area contributed by atoms with E-state index in [0.717, 1.165) is 23.1 Å². The van der Waals surface area contributed by atoms with Gasteiger partial charge in [-0.3, -0.25) is 4.79 Å². The minimum absolute atomic E-state index is 0.0341. The molecule has 0 aliphatic rings. The topological polar surface area (TPSA) is 75.2 Å². The van der Waals surface area contributed by atoms with Crippen molar-refractivity contribution in [1.82, 2.24) is 9.88 Å². The van der Waals surface area contributed by atoms with E-state index in [1.54, 1.807) is 24.3 Å². The molecule has 3 aromatic rings. The lowest BCUT2D eigenvalue weighted by molar-refractivity contribution is 0.102. The highest BCUT2D eigenvalue weighted by molar-refractivity contribution is 6.06. The Balaban J connectivity index is 1.71. The van der Waals surface area contributed by atoms with Crippen molar-refractivity contribution in [3.05, 3.63) is 60.3 Å². The quantitative estimate of drug-likeness (QED) is 0.547. The number of fused-ring (bicyclic) bond motifs is 1. The fraction of sp³-hybridized carbons (Fsp3) is 0.304. The number of rotatable bonds is 6. The molecule has 0 bridgehead atoms. The Morgan fingerprint density at radius 2 is 1.69 bits per heavy atom. The van der Waals surface area contributed by atoms with E-state index in [1.807, 2.05) is 32.0 Å². The molecule has 0 spiro atoms. The number of anilines is 2. The first-order valence-electron chi connectivity index (χ1n) is 9.89. The van der Waals surface area contributed by atoms with Crippen molar-refractivity contribution in [2.75, 3.05) is 10.6 Å². The molecule has 3 N–H and O–H groups in total. The minimum Gasteiger partial charge on any atom is -0.347 e. The predicted octanol–water partition coefficient (Wildman–Crippen LogP) is 5.08. The van der Waals surface area contributed by atoms with Gasteiger partial charge in [0.15, 0.2) is 0 Å². The van der Waals surface area contributed by atoms with Crippen LogP contribution in [0.3, 0.4) is 0 Å². The van der Waals surface area contributed by atoms with E-state index in [1.165, 1.54) is 0 Å². The molecule has 2 aromatic carbocycles. The molecular formula is C23H28N4O2. The van der Waals surface area contributed by atoms with Gasteiger partial charge in [0, 0.05) is 46.6 Å². The summed E-state index contributed by atoms with van der Waals surface area (Å²) in [7, 11) is 0. The van der Waals surface area contributed by atoms with Crippen LogP contribution < -0.4 is 16.0 Å². The zero-order chi connectivity index (χ0) is 21.0. The van der Waals surface area contributed by atoms with Crippen LogP contribution in [0.25, 0.3) is 10.9 Å². The Morgan fingerprint density at radius 1 is 0.931 bits per heavy atom. The summed E-state index contributed by atoms with van der Waals surface area (Å²) in [5.41, 5.74) is 2.93. The van der Waals surface area contributed by atoms with Gasteiger partial charge in [-0.25, -0.2) is 4.79 Å². The number of amides is 3. The number of hydrogen-bond donors (Lipinski definition) is 3. The van der Waals surface area contributed by atoms with Gasteiger partial charge in [0.25, 0.3) is 5.91 Å². The van der Waals surface area contributed by atoms with Gasteiger partial charge in [-0.1, -0.05) is 19.9 Å². The molecule has 0 saturated heterocycles. The van der Waals surface area contributed by atoms with E-state index in [2.05, 4.69) is 46.6 Å². The molecule has 0 saturated carbocycles. The second-order valence-corrected chi connectivity index (χ2v) is 7.92. The number of carbonyl (C=O) groups is 2. The van der Waals surface area contributed by atoms with Crippen LogP contribution in [0, 0.1) is 5.92 Å². The Hall–Kier alpha value is -3.28. The standard InChI is InChI=1S/C23H28N4O2/c1-15(2)14-27-11-10-17-12-20(8-9-21(17)27)25-22(28)18-6-5-7-19(13-18)26-23(29)24-16(3)4/h5-13,15-16H,14H2,1-4H3,(H,25,28)(H2,24,26,29). The van der Waals surface area contributed by atoms with Crippen molar-refractivity contribution >= 4 is 34.2 Å². The van der Waals surface area contributed by atoms with Crippen LogP contribution in [0.1, 0.15) is 38.1 Å². The van der Waals surface area contributed by atoms with Gasteiger partial charge in [0.2, 0.25) is 0 Å². The first-order chi connectivity index (χ1) is 13.8. The fourth-order valence-corrected chi connectivity index (χ4v) is 3.20. The summed E-state index contributed by atoms with van der Waals surface area (Å²) in [4.78, 5) is 24.5. The Morgan fingerprint density at radius 3 is 2.41 bits per heavy atom. The minimum atomic E-state index is -0.297. The Bertz CT molecular complexity index is 1020. The van der Waals surface area contributed by atoms with Gasteiger partial charge < -0.3 is 20.5 Å².